The third-order valence-electron chi connectivity index (χ3n) is 6.79. The van der Waals surface area contributed by atoms with E-state index in [0.29, 0.717) is 18.8 Å². The topological polar surface area (TPSA) is 77.0 Å². The third-order valence-corrected chi connectivity index (χ3v) is 6.79. The molecule has 0 spiro atoms. The Labute approximate surface area is 215 Å². The molecule has 37 heavy (non-hydrogen) atoms. The molecule has 8 nitrogen and oxygen atoms in total. The van der Waals surface area contributed by atoms with Gasteiger partial charge in [0.1, 0.15) is 5.75 Å². The van der Waals surface area contributed by atoms with Crippen LogP contribution in [0, 0.1) is 0 Å². The molecule has 1 amide bonds. The van der Waals surface area contributed by atoms with Crippen molar-refractivity contribution in [2.75, 3.05) is 33.0 Å². The van der Waals surface area contributed by atoms with Crippen molar-refractivity contribution in [1.82, 2.24) is 19.8 Å². The fraction of sp³-hybridized carbons (Fsp3) is 0.276. The van der Waals surface area contributed by atoms with E-state index in [4.69, 9.17) is 19.2 Å². The Bertz CT molecular complexity index is 1420. The second-order valence-corrected chi connectivity index (χ2v) is 9.32. The maximum Gasteiger partial charge on any atom is 0.263 e. The molecule has 3 aromatic carbocycles. The van der Waals surface area contributed by atoms with Gasteiger partial charge in [0.15, 0.2) is 17.6 Å². The lowest BCUT2D eigenvalue weighted by atomic mass is 10.1. The van der Waals surface area contributed by atoms with Crippen molar-refractivity contribution in [3.05, 3.63) is 78.5 Å². The molecule has 0 bridgehead atoms. The van der Waals surface area contributed by atoms with Gasteiger partial charge in [-0.1, -0.05) is 18.2 Å². The average Bonchev–Trinajstić information content (AvgIpc) is 3.41. The first-order chi connectivity index (χ1) is 18.1. The number of fused-ring (bicyclic) bond motifs is 2. The number of carbonyl (C=O) groups excluding carboxylic acids is 1. The van der Waals surface area contributed by atoms with Crippen LogP contribution in [0.15, 0.2) is 72.9 Å². The molecule has 1 aromatic heterocycles. The molecular weight excluding hydrogens is 468 g/mol. The number of ether oxygens (including phenoxy) is 3. The molecule has 0 saturated carbocycles. The van der Waals surface area contributed by atoms with Gasteiger partial charge in [0.2, 0.25) is 6.79 Å². The summed E-state index contributed by atoms with van der Waals surface area (Å²) in [6.45, 7) is 5.89. The summed E-state index contributed by atoms with van der Waals surface area (Å²) >= 11 is 0. The van der Waals surface area contributed by atoms with Gasteiger partial charge in [0, 0.05) is 38.3 Å². The molecule has 8 heteroatoms. The Kier molecular flexibility index (Phi) is 6.32. The van der Waals surface area contributed by atoms with Crippen LogP contribution in [0.1, 0.15) is 12.5 Å². The fourth-order valence-corrected chi connectivity index (χ4v) is 4.74. The summed E-state index contributed by atoms with van der Waals surface area (Å²) in [4.78, 5) is 26.5. The molecular formula is C29H28N4O4. The lowest BCUT2D eigenvalue weighted by Gasteiger charge is -2.35. The summed E-state index contributed by atoms with van der Waals surface area (Å²) in [5.41, 5.74) is 4.65. The van der Waals surface area contributed by atoms with Crippen LogP contribution < -0.4 is 14.2 Å². The molecule has 3 heterocycles. The number of hydrogen-bond donors (Lipinski definition) is 0. The van der Waals surface area contributed by atoms with E-state index in [1.165, 1.54) is 5.56 Å². The predicted molar refractivity (Wildman–Crippen MR) is 139 cm³/mol. The first-order valence-corrected chi connectivity index (χ1v) is 12.5. The predicted octanol–water partition coefficient (Wildman–Crippen LogP) is 4.14. The van der Waals surface area contributed by atoms with Gasteiger partial charge in [-0.15, -0.1) is 0 Å². The van der Waals surface area contributed by atoms with Gasteiger partial charge in [0.05, 0.1) is 22.9 Å². The highest BCUT2D eigenvalue weighted by atomic mass is 16.7. The molecule has 0 radical (unpaired) electrons. The van der Waals surface area contributed by atoms with Crippen molar-refractivity contribution in [1.29, 1.82) is 0 Å². The van der Waals surface area contributed by atoms with Crippen molar-refractivity contribution < 1.29 is 19.0 Å². The lowest BCUT2D eigenvalue weighted by molar-refractivity contribution is -0.139. The van der Waals surface area contributed by atoms with Crippen molar-refractivity contribution >= 4 is 16.9 Å². The quantitative estimate of drug-likeness (QED) is 0.397. The number of carbonyl (C=O) groups is 1. The van der Waals surface area contributed by atoms with E-state index < -0.39 is 6.10 Å². The second kappa shape index (κ2) is 10.1. The highest BCUT2D eigenvalue weighted by molar-refractivity contribution is 5.81. The Morgan fingerprint density at radius 1 is 0.946 bits per heavy atom. The van der Waals surface area contributed by atoms with E-state index in [-0.39, 0.29) is 12.7 Å². The van der Waals surface area contributed by atoms with E-state index in [1.54, 1.807) is 6.20 Å². The summed E-state index contributed by atoms with van der Waals surface area (Å²) < 4.78 is 16.9. The number of benzene rings is 3. The summed E-state index contributed by atoms with van der Waals surface area (Å²) in [5.74, 6) is 2.26. The summed E-state index contributed by atoms with van der Waals surface area (Å²) in [5, 5.41) is 0. The van der Waals surface area contributed by atoms with Gasteiger partial charge in [-0.05, 0) is 61.0 Å². The fourth-order valence-electron chi connectivity index (χ4n) is 4.74. The second-order valence-electron chi connectivity index (χ2n) is 9.32. The summed E-state index contributed by atoms with van der Waals surface area (Å²) in [6.07, 6.45) is 1.21. The smallest absolute Gasteiger partial charge is 0.263 e. The van der Waals surface area contributed by atoms with Gasteiger partial charge in [0.25, 0.3) is 5.91 Å². The maximum atomic E-state index is 13.0. The van der Waals surface area contributed by atoms with Crippen molar-refractivity contribution in [3.8, 4) is 28.5 Å². The van der Waals surface area contributed by atoms with Gasteiger partial charge in [-0.25, -0.2) is 4.98 Å². The van der Waals surface area contributed by atoms with Crippen LogP contribution in [-0.2, 0) is 11.3 Å². The Morgan fingerprint density at radius 2 is 1.70 bits per heavy atom. The third kappa shape index (κ3) is 5.06. The van der Waals surface area contributed by atoms with Gasteiger partial charge >= 0.3 is 0 Å². The molecule has 0 aliphatic carbocycles. The molecule has 1 atom stereocenters. The monoisotopic (exact) mass is 496 g/mol. The maximum absolute atomic E-state index is 13.0. The first kappa shape index (κ1) is 23.2. The number of hydrogen-bond acceptors (Lipinski definition) is 7. The standard InChI is InChI=1S/C29H28N4O4/c1-20(37-23-9-7-22(8-10-23)26-17-30-24-4-2-3-5-25(24)31-26)29(34)33-14-12-32(13-15-33)18-21-6-11-27-28(16-21)36-19-35-27/h2-11,16-17,20H,12-15,18-19H2,1H3. The molecule has 1 saturated heterocycles. The first-order valence-electron chi connectivity index (χ1n) is 12.5. The molecule has 4 aromatic rings. The van der Waals surface area contributed by atoms with Crippen molar-refractivity contribution in [2.45, 2.75) is 19.6 Å². The number of aromatic nitrogens is 2. The van der Waals surface area contributed by atoms with Crippen LogP contribution in [0.4, 0.5) is 0 Å². The number of amides is 1. The number of nitrogens with zero attached hydrogens (tertiary/aromatic N) is 4. The van der Waals surface area contributed by atoms with Gasteiger partial charge < -0.3 is 19.1 Å². The van der Waals surface area contributed by atoms with E-state index in [9.17, 15) is 4.79 Å². The highest BCUT2D eigenvalue weighted by Crippen LogP contribution is 2.33. The zero-order chi connectivity index (χ0) is 25.2. The minimum Gasteiger partial charge on any atom is -0.481 e. The minimum absolute atomic E-state index is 0.00667. The van der Waals surface area contributed by atoms with E-state index in [2.05, 4.69) is 16.0 Å². The van der Waals surface area contributed by atoms with Crippen LogP contribution in [0.3, 0.4) is 0 Å². The van der Waals surface area contributed by atoms with Crippen molar-refractivity contribution in [3.63, 3.8) is 0 Å². The van der Waals surface area contributed by atoms with Gasteiger partial charge in [-0.2, -0.15) is 0 Å². The van der Waals surface area contributed by atoms with E-state index in [1.807, 2.05) is 72.5 Å². The zero-order valence-electron chi connectivity index (χ0n) is 20.7. The summed E-state index contributed by atoms with van der Waals surface area (Å²) in [6, 6.07) is 21.5. The molecule has 188 valence electrons. The minimum atomic E-state index is -0.563. The molecule has 6 rings (SSSR count). The van der Waals surface area contributed by atoms with E-state index >= 15 is 0 Å². The average molecular weight is 497 g/mol. The van der Waals surface area contributed by atoms with Crippen LogP contribution in [0.25, 0.3) is 22.3 Å². The van der Waals surface area contributed by atoms with Crippen LogP contribution in [0.2, 0.25) is 0 Å². The Balaban J connectivity index is 1.02. The van der Waals surface area contributed by atoms with Crippen LogP contribution >= 0.6 is 0 Å². The molecule has 1 unspecified atom stereocenters. The highest BCUT2D eigenvalue weighted by Gasteiger charge is 2.26. The molecule has 1 fully saturated rings. The largest absolute Gasteiger partial charge is 0.481 e. The lowest BCUT2D eigenvalue weighted by Crippen LogP contribution is -2.51. The Morgan fingerprint density at radius 3 is 2.51 bits per heavy atom. The molecule has 2 aliphatic rings. The molecule has 2 aliphatic heterocycles. The summed E-state index contributed by atoms with van der Waals surface area (Å²) in [7, 11) is 0. The zero-order valence-corrected chi connectivity index (χ0v) is 20.7. The number of rotatable bonds is 6. The normalized spacial score (nSPS) is 16.1. The number of piperazine rings is 1. The molecule has 0 N–H and O–H groups in total. The van der Waals surface area contributed by atoms with Crippen LogP contribution in [-0.4, -0.2) is 64.8 Å². The van der Waals surface area contributed by atoms with Crippen molar-refractivity contribution in [2.24, 2.45) is 0 Å². The SMILES string of the molecule is CC(Oc1ccc(-c2cnc3ccccc3n2)cc1)C(=O)N1CCN(Cc2ccc3c(c2)OCO3)CC1. The van der Waals surface area contributed by atoms with Gasteiger partial charge in [-0.3, -0.25) is 14.7 Å². The van der Waals surface area contributed by atoms with E-state index in [0.717, 1.165) is 53.4 Å². The number of para-hydroxylation sites is 2. The van der Waals surface area contributed by atoms with Crippen LogP contribution in [0.5, 0.6) is 17.2 Å². The Hall–Kier alpha value is -4.17.